The molecule has 0 saturated carbocycles. The van der Waals surface area contributed by atoms with Crippen LogP contribution in [0.25, 0.3) is 0 Å². The quantitative estimate of drug-likeness (QED) is 0.501. The Morgan fingerprint density at radius 1 is 1.23 bits per heavy atom. The van der Waals surface area contributed by atoms with Crippen LogP contribution in [0.4, 0.5) is 17.3 Å². The zero-order valence-electron chi connectivity index (χ0n) is 13.2. The number of hydrazine groups is 1. The number of nitrogens with zero attached hydrogens (tertiary/aromatic N) is 5. The Bertz CT molecular complexity index is 889. The standard InChI is InChI=1S/C15H12Cl2N8O/c16-9-1-2-10(11(17)7-9)15(26)24-23-13-12(20)14(22-8-21-13)25(5-3-18)6-4-19/h1-2,7-8H,5-6,20H2,(H,24,26)(H,21,22,23). The second kappa shape index (κ2) is 8.72. The molecule has 0 saturated heterocycles. The molecule has 0 spiro atoms. The lowest BCUT2D eigenvalue weighted by atomic mass is 10.2. The largest absolute Gasteiger partial charge is 0.393 e. The Morgan fingerprint density at radius 3 is 2.54 bits per heavy atom. The number of hydrogen-bond donors (Lipinski definition) is 3. The van der Waals surface area contributed by atoms with Crippen LogP contribution in [-0.2, 0) is 0 Å². The van der Waals surface area contributed by atoms with Gasteiger partial charge >= 0.3 is 0 Å². The molecule has 0 atom stereocenters. The average Bonchev–Trinajstić information content (AvgIpc) is 2.60. The molecule has 26 heavy (non-hydrogen) atoms. The predicted octanol–water partition coefficient (Wildman–Crippen LogP) is 1.98. The van der Waals surface area contributed by atoms with Crippen molar-refractivity contribution in [2.24, 2.45) is 0 Å². The molecule has 132 valence electrons. The minimum Gasteiger partial charge on any atom is -0.393 e. The molecule has 1 heterocycles. The molecule has 1 aromatic heterocycles. The second-order valence-electron chi connectivity index (χ2n) is 4.84. The number of carbonyl (C=O) groups excluding carboxylic acids is 1. The molecule has 2 aromatic rings. The summed E-state index contributed by atoms with van der Waals surface area (Å²) in [5.41, 5.74) is 11.2. The van der Waals surface area contributed by atoms with E-state index in [-0.39, 0.29) is 41.0 Å². The molecule has 1 amide bonds. The molecule has 2 rings (SSSR count). The van der Waals surface area contributed by atoms with E-state index in [1.807, 2.05) is 12.1 Å². The number of nitrogens with one attached hydrogen (secondary N) is 2. The molecule has 0 aliphatic heterocycles. The van der Waals surface area contributed by atoms with Crippen LogP contribution in [0.5, 0.6) is 0 Å². The summed E-state index contributed by atoms with van der Waals surface area (Å²) in [6.45, 7) is -0.165. The van der Waals surface area contributed by atoms with E-state index in [9.17, 15) is 4.79 Å². The zero-order chi connectivity index (χ0) is 19.1. The van der Waals surface area contributed by atoms with Crippen LogP contribution < -0.4 is 21.5 Å². The summed E-state index contributed by atoms with van der Waals surface area (Å²) < 4.78 is 0. The maximum atomic E-state index is 12.2. The number of anilines is 3. The Morgan fingerprint density at radius 2 is 1.92 bits per heavy atom. The van der Waals surface area contributed by atoms with Gasteiger partial charge in [0.15, 0.2) is 11.6 Å². The van der Waals surface area contributed by atoms with Gasteiger partial charge in [-0.15, -0.1) is 0 Å². The number of nitrogen functional groups attached to an aromatic ring is 1. The predicted molar refractivity (Wildman–Crippen MR) is 97.4 cm³/mol. The third-order valence-corrected chi connectivity index (χ3v) is 3.70. The number of aromatic nitrogens is 2. The van der Waals surface area contributed by atoms with Crippen molar-refractivity contribution in [1.82, 2.24) is 15.4 Å². The molecule has 9 nitrogen and oxygen atoms in total. The number of halogens is 2. The summed E-state index contributed by atoms with van der Waals surface area (Å²) in [5.74, 6) is -0.226. The number of amides is 1. The van der Waals surface area contributed by atoms with Crippen LogP contribution >= 0.6 is 23.2 Å². The summed E-state index contributed by atoms with van der Waals surface area (Å²) in [7, 11) is 0. The second-order valence-corrected chi connectivity index (χ2v) is 5.68. The van der Waals surface area contributed by atoms with Crippen LogP contribution in [0.3, 0.4) is 0 Å². The fraction of sp³-hybridized carbons (Fsp3) is 0.133. The third-order valence-electron chi connectivity index (χ3n) is 3.16. The first-order chi connectivity index (χ1) is 12.5. The number of hydrogen-bond acceptors (Lipinski definition) is 8. The molecule has 0 aliphatic carbocycles. The van der Waals surface area contributed by atoms with Gasteiger partial charge in [-0.2, -0.15) is 10.5 Å². The Hall–Kier alpha value is -3.27. The molecular weight excluding hydrogens is 379 g/mol. The van der Waals surface area contributed by atoms with E-state index in [4.69, 9.17) is 39.5 Å². The Labute approximate surface area is 158 Å². The first-order valence-electron chi connectivity index (χ1n) is 7.08. The van der Waals surface area contributed by atoms with Crippen molar-refractivity contribution in [3.63, 3.8) is 0 Å². The lowest BCUT2D eigenvalue weighted by molar-refractivity contribution is 0.0962. The summed E-state index contributed by atoms with van der Waals surface area (Å²) in [4.78, 5) is 21.5. The van der Waals surface area contributed by atoms with Gasteiger partial charge in [0, 0.05) is 5.02 Å². The minimum atomic E-state index is -0.530. The van der Waals surface area contributed by atoms with E-state index in [0.717, 1.165) is 0 Å². The zero-order valence-corrected chi connectivity index (χ0v) is 14.7. The van der Waals surface area contributed by atoms with Crippen molar-refractivity contribution < 1.29 is 4.79 Å². The molecule has 0 unspecified atom stereocenters. The lowest BCUT2D eigenvalue weighted by Crippen LogP contribution is -2.31. The number of carbonyl (C=O) groups is 1. The van der Waals surface area contributed by atoms with Gasteiger partial charge in [-0.25, -0.2) is 9.97 Å². The first-order valence-corrected chi connectivity index (χ1v) is 7.84. The average molecular weight is 391 g/mol. The summed E-state index contributed by atoms with van der Waals surface area (Å²) in [6.07, 6.45) is 1.19. The van der Waals surface area contributed by atoms with Crippen molar-refractivity contribution in [2.75, 3.05) is 29.1 Å². The maximum Gasteiger partial charge on any atom is 0.271 e. The topological polar surface area (TPSA) is 144 Å². The van der Waals surface area contributed by atoms with Gasteiger partial charge in [-0.05, 0) is 18.2 Å². The Balaban J connectivity index is 2.17. The van der Waals surface area contributed by atoms with Crippen molar-refractivity contribution in [3.8, 4) is 12.1 Å². The summed E-state index contributed by atoms with van der Waals surface area (Å²) >= 11 is 11.8. The van der Waals surface area contributed by atoms with Crippen molar-refractivity contribution in [2.45, 2.75) is 0 Å². The molecule has 4 N–H and O–H groups in total. The molecular formula is C15H12Cl2N8O. The SMILES string of the molecule is N#CCN(CC#N)c1ncnc(NNC(=O)c2ccc(Cl)cc2Cl)c1N. The van der Waals surface area contributed by atoms with Crippen LogP contribution in [0.1, 0.15) is 10.4 Å². The Kier molecular flexibility index (Phi) is 6.39. The molecule has 11 heteroatoms. The molecule has 0 aliphatic rings. The van der Waals surface area contributed by atoms with E-state index in [0.29, 0.717) is 5.02 Å². The van der Waals surface area contributed by atoms with E-state index in [1.165, 1.54) is 29.4 Å². The van der Waals surface area contributed by atoms with Gasteiger partial charge in [0.05, 0.1) is 22.7 Å². The van der Waals surface area contributed by atoms with Gasteiger partial charge in [0.2, 0.25) is 0 Å². The van der Waals surface area contributed by atoms with Crippen LogP contribution in [-0.4, -0.2) is 29.0 Å². The fourth-order valence-electron chi connectivity index (χ4n) is 1.97. The highest BCUT2D eigenvalue weighted by atomic mass is 35.5. The number of nitriles is 2. The van der Waals surface area contributed by atoms with E-state index in [1.54, 1.807) is 0 Å². The van der Waals surface area contributed by atoms with Gasteiger partial charge in [0.1, 0.15) is 25.1 Å². The molecule has 0 bridgehead atoms. The van der Waals surface area contributed by atoms with Crippen molar-refractivity contribution >= 4 is 46.4 Å². The fourth-order valence-corrected chi connectivity index (χ4v) is 2.47. The van der Waals surface area contributed by atoms with E-state index in [2.05, 4.69) is 20.8 Å². The first kappa shape index (κ1) is 19.1. The monoisotopic (exact) mass is 390 g/mol. The number of rotatable bonds is 6. The normalized spacial score (nSPS) is 9.69. The van der Waals surface area contributed by atoms with Gasteiger partial charge < -0.3 is 10.6 Å². The van der Waals surface area contributed by atoms with Gasteiger partial charge in [-0.1, -0.05) is 23.2 Å². The van der Waals surface area contributed by atoms with Gasteiger partial charge in [0.25, 0.3) is 5.91 Å². The third kappa shape index (κ3) is 4.42. The molecule has 0 fully saturated rings. The van der Waals surface area contributed by atoms with Crippen molar-refractivity contribution in [1.29, 1.82) is 10.5 Å². The molecule has 1 aromatic carbocycles. The summed E-state index contributed by atoms with van der Waals surface area (Å²) in [5, 5.41) is 18.3. The highest BCUT2D eigenvalue weighted by molar-refractivity contribution is 6.36. The van der Waals surface area contributed by atoms with E-state index >= 15 is 0 Å². The van der Waals surface area contributed by atoms with Crippen LogP contribution in [0.2, 0.25) is 10.0 Å². The highest BCUT2D eigenvalue weighted by Gasteiger charge is 2.16. The van der Waals surface area contributed by atoms with Gasteiger partial charge in [-0.3, -0.25) is 15.6 Å². The highest BCUT2D eigenvalue weighted by Crippen LogP contribution is 2.25. The van der Waals surface area contributed by atoms with Crippen LogP contribution in [0.15, 0.2) is 24.5 Å². The smallest absolute Gasteiger partial charge is 0.271 e. The lowest BCUT2D eigenvalue weighted by Gasteiger charge is -2.20. The maximum absolute atomic E-state index is 12.2. The number of nitrogens with two attached hydrogens (primary N) is 1. The van der Waals surface area contributed by atoms with Crippen LogP contribution in [0, 0.1) is 22.7 Å². The van der Waals surface area contributed by atoms with E-state index < -0.39 is 5.91 Å². The number of benzene rings is 1. The molecule has 0 radical (unpaired) electrons. The minimum absolute atomic E-state index is 0.0699. The summed E-state index contributed by atoms with van der Waals surface area (Å²) in [6, 6.07) is 8.29. The van der Waals surface area contributed by atoms with Crippen molar-refractivity contribution in [3.05, 3.63) is 40.1 Å².